The first-order valence-corrected chi connectivity index (χ1v) is 7.52. The van der Waals surface area contributed by atoms with Gasteiger partial charge in [-0.3, -0.25) is 9.48 Å². The second-order valence-corrected chi connectivity index (χ2v) is 5.63. The Balaban J connectivity index is 2.08. The van der Waals surface area contributed by atoms with Crippen LogP contribution in [0.2, 0.25) is 0 Å². The van der Waals surface area contributed by atoms with E-state index in [1.165, 1.54) is 11.8 Å². The summed E-state index contributed by atoms with van der Waals surface area (Å²) in [6.07, 6.45) is -1.52. The number of alkyl halides is 5. The molecule has 0 N–H and O–H groups in total. The lowest BCUT2D eigenvalue weighted by molar-refractivity contribution is -0.156. The smallest absolute Gasteiger partial charge is 0.336 e. The highest BCUT2D eigenvalue weighted by Crippen LogP contribution is 2.28. The molecule has 0 bridgehead atoms. The summed E-state index contributed by atoms with van der Waals surface area (Å²) in [5, 5.41) is 3.39. The van der Waals surface area contributed by atoms with E-state index in [1.54, 1.807) is 0 Å². The molecule has 0 saturated carbocycles. The largest absolute Gasteiger partial charge is 0.435 e. The van der Waals surface area contributed by atoms with Gasteiger partial charge < -0.3 is 9.64 Å². The summed E-state index contributed by atoms with van der Waals surface area (Å²) in [4.78, 5) is 13.9. The van der Waals surface area contributed by atoms with Crippen LogP contribution in [0.1, 0.15) is 37.9 Å². The first kappa shape index (κ1) is 18.6. The van der Waals surface area contributed by atoms with Gasteiger partial charge in [-0.1, -0.05) is 0 Å². The van der Waals surface area contributed by atoms with E-state index >= 15 is 0 Å². The molecule has 1 aliphatic rings. The van der Waals surface area contributed by atoms with E-state index in [2.05, 4.69) is 9.84 Å². The fraction of sp³-hybridized carbons (Fsp3) is 0.714. The van der Waals surface area contributed by atoms with Crippen molar-refractivity contribution in [3.63, 3.8) is 0 Å². The maximum atomic E-state index is 12.6. The highest BCUT2D eigenvalue weighted by molar-refractivity contribution is 5.80. The summed E-state index contributed by atoms with van der Waals surface area (Å²) in [5.41, 5.74) is -1.08. The van der Waals surface area contributed by atoms with Crippen LogP contribution in [-0.2, 0) is 15.7 Å². The zero-order valence-electron chi connectivity index (χ0n) is 13.0. The van der Waals surface area contributed by atoms with Gasteiger partial charge in [0, 0.05) is 12.7 Å². The number of amides is 1. The molecule has 1 fully saturated rings. The predicted molar refractivity (Wildman–Crippen MR) is 73.2 cm³/mol. The number of halogens is 5. The number of rotatable bonds is 5. The minimum Gasteiger partial charge on any atom is -0.336 e. The number of nitrogens with zero attached hydrogens (tertiary/aromatic N) is 3. The van der Waals surface area contributed by atoms with Crippen molar-refractivity contribution in [1.82, 2.24) is 14.7 Å². The molecule has 24 heavy (non-hydrogen) atoms. The fourth-order valence-corrected chi connectivity index (χ4v) is 2.71. The van der Waals surface area contributed by atoms with Crippen LogP contribution >= 0.6 is 0 Å². The van der Waals surface area contributed by atoms with E-state index < -0.39 is 36.5 Å². The third-order valence-electron chi connectivity index (χ3n) is 3.98. The van der Waals surface area contributed by atoms with Crippen molar-refractivity contribution in [1.29, 1.82) is 0 Å². The van der Waals surface area contributed by atoms with Gasteiger partial charge in [0.1, 0.15) is 6.04 Å². The van der Waals surface area contributed by atoms with Crippen LogP contribution in [0.15, 0.2) is 12.3 Å². The van der Waals surface area contributed by atoms with Crippen molar-refractivity contribution >= 4 is 5.91 Å². The van der Waals surface area contributed by atoms with E-state index in [1.807, 2.05) is 0 Å². The summed E-state index contributed by atoms with van der Waals surface area (Å²) in [5.74, 6) is -0.464. The second kappa shape index (κ2) is 7.45. The number of aromatic nitrogens is 2. The van der Waals surface area contributed by atoms with Crippen molar-refractivity contribution < 1.29 is 31.5 Å². The highest BCUT2D eigenvalue weighted by atomic mass is 19.4. The van der Waals surface area contributed by atoms with Gasteiger partial charge in [-0.25, -0.2) is 0 Å². The lowest BCUT2D eigenvalue weighted by atomic mass is 10.0. The molecule has 1 saturated heterocycles. The van der Waals surface area contributed by atoms with E-state index in [4.69, 9.17) is 0 Å². The molecule has 2 atom stereocenters. The van der Waals surface area contributed by atoms with Crippen LogP contribution in [0.5, 0.6) is 0 Å². The molecular formula is C14H18F5N3O2. The average molecular weight is 355 g/mol. The molecule has 1 amide bonds. The van der Waals surface area contributed by atoms with Gasteiger partial charge in [0.25, 0.3) is 0 Å². The van der Waals surface area contributed by atoms with Crippen molar-refractivity contribution in [3.8, 4) is 0 Å². The number of hydrogen-bond donors (Lipinski definition) is 0. The SMILES string of the molecule is CC(C(=O)N1CCCCC1COC(F)F)n1ccc(C(F)(F)F)n1. The first-order chi connectivity index (χ1) is 11.2. The number of piperidine rings is 1. The summed E-state index contributed by atoms with van der Waals surface area (Å²) >= 11 is 0. The lowest BCUT2D eigenvalue weighted by Crippen LogP contribution is -2.48. The molecule has 5 nitrogen and oxygen atoms in total. The maximum Gasteiger partial charge on any atom is 0.435 e. The predicted octanol–water partition coefficient (Wildman–Crippen LogP) is 3.08. The number of ether oxygens (including phenoxy) is 1. The van der Waals surface area contributed by atoms with Gasteiger partial charge in [-0.2, -0.15) is 27.1 Å². The Morgan fingerprint density at radius 1 is 1.42 bits per heavy atom. The molecule has 0 spiro atoms. The van der Waals surface area contributed by atoms with Crippen molar-refractivity contribution in [2.45, 2.75) is 51.1 Å². The Labute approximate surface area is 135 Å². The molecule has 10 heteroatoms. The van der Waals surface area contributed by atoms with E-state index in [9.17, 15) is 26.7 Å². The molecule has 136 valence electrons. The van der Waals surface area contributed by atoms with Gasteiger partial charge in [-0.15, -0.1) is 0 Å². The highest BCUT2D eigenvalue weighted by Gasteiger charge is 2.36. The van der Waals surface area contributed by atoms with Gasteiger partial charge >= 0.3 is 12.8 Å². The van der Waals surface area contributed by atoms with Crippen molar-refractivity contribution in [3.05, 3.63) is 18.0 Å². The third-order valence-corrected chi connectivity index (χ3v) is 3.98. The first-order valence-electron chi connectivity index (χ1n) is 7.52. The standard InChI is InChI=1S/C14H18F5N3O2/c1-9(22-7-5-11(20-22)14(17,18)19)12(23)21-6-3-2-4-10(21)8-24-13(15)16/h5,7,9-10,13H,2-4,6,8H2,1H3. The number of likely N-dealkylation sites (tertiary alicyclic amines) is 1. The quantitative estimate of drug-likeness (QED) is 0.763. The Morgan fingerprint density at radius 3 is 2.71 bits per heavy atom. The normalized spacial score (nSPS) is 20.5. The summed E-state index contributed by atoms with van der Waals surface area (Å²) < 4.78 is 67.5. The summed E-state index contributed by atoms with van der Waals surface area (Å²) in [6.45, 7) is -1.45. The van der Waals surface area contributed by atoms with E-state index in [0.717, 1.165) is 23.4 Å². The zero-order chi connectivity index (χ0) is 17.9. The molecule has 1 aromatic heterocycles. The lowest BCUT2D eigenvalue weighted by Gasteiger charge is -2.37. The van der Waals surface area contributed by atoms with Gasteiger partial charge in [0.15, 0.2) is 5.69 Å². The Kier molecular flexibility index (Phi) is 5.79. The zero-order valence-corrected chi connectivity index (χ0v) is 13.0. The molecule has 0 aromatic carbocycles. The minimum atomic E-state index is -4.59. The maximum absolute atomic E-state index is 12.6. The molecule has 1 aromatic rings. The van der Waals surface area contributed by atoms with Crippen LogP contribution in [-0.4, -0.2) is 46.4 Å². The van der Waals surface area contributed by atoms with Gasteiger partial charge in [0.2, 0.25) is 5.91 Å². The molecule has 0 radical (unpaired) electrons. The fourth-order valence-electron chi connectivity index (χ4n) is 2.71. The topological polar surface area (TPSA) is 47.4 Å². The molecule has 2 rings (SSSR count). The second-order valence-electron chi connectivity index (χ2n) is 5.63. The van der Waals surface area contributed by atoms with Gasteiger partial charge in [0.05, 0.1) is 12.6 Å². The minimum absolute atomic E-state index is 0.303. The summed E-state index contributed by atoms with van der Waals surface area (Å²) in [6, 6.07) is -0.689. The van der Waals surface area contributed by atoms with Crippen LogP contribution in [0, 0.1) is 0 Å². The molecule has 0 aliphatic carbocycles. The molecule has 2 heterocycles. The number of hydrogen-bond acceptors (Lipinski definition) is 3. The van der Waals surface area contributed by atoms with Crippen molar-refractivity contribution in [2.75, 3.05) is 13.2 Å². The van der Waals surface area contributed by atoms with Crippen LogP contribution in [0.4, 0.5) is 22.0 Å². The summed E-state index contributed by atoms with van der Waals surface area (Å²) in [7, 11) is 0. The van der Waals surface area contributed by atoms with E-state index in [0.29, 0.717) is 19.4 Å². The number of carbonyl (C=O) groups excluding carboxylic acids is 1. The Morgan fingerprint density at radius 2 is 2.12 bits per heavy atom. The monoisotopic (exact) mass is 355 g/mol. The average Bonchev–Trinajstić information content (AvgIpc) is 3.02. The number of carbonyl (C=O) groups is 1. The van der Waals surface area contributed by atoms with Gasteiger partial charge in [-0.05, 0) is 32.3 Å². The molecule has 1 aliphatic heterocycles. The Bertz CT molecular complexity index is 561. The third kappa shape index (κ3) is 4.43. The van der Waals surface area contributed by atoms with Crippen LogP contribution in [0.3, 0.4) is 0 Å². The molecule has 2 unspecified atom stereocenters. The van der Waals surface area contributed by atoms with E-state index in [-0.39, 0.29) is 6.61 Å². The van der Waals surface area contributed by atoms with Crippen molar-refractivity contribution in [2.24, 2.45) is 0 Å². The Hall–Kier alpha value is -1.71. The van der Waals surface area contributed by atoms with Crippen LogP contribution < -0.4 is 0 Å². The molecular weight excluding hydrogens is 337 g/mol. The van der Waals surface area contributed by atoms with Crippen LogP contribution in [0.25, 0.3) is 0 Å².